The number of fused-ring (bicyclic) bond motifs is 1. The molecule has 3 rings (SSSR count). The van der Waals surface area contributed by atoms with E-state index in [1.807, 2.05) is 4.72 Å². The fourth-order valence-electron chi connectivity index (χ4n) is 2.93. The number of hydrogen-bond acceptors (Lipinski definition) is 5. The zero-order chi connectivity index (χ0) is 22.1. The van der Waals surface area contributed by atoms with Crippen LogP contribution in [0.3, 0.4) is 0 Å². The molecule has 2 aromatic carbocycles. The number of hydrogen-bond donors (Lipinski definition) is 1. The lowest BCUT2D eigenvalue weighted by Crippen LogP contribution is -2.20. The molecule has 1 heterocycles. The van der Waals surface area contributed by atoms with Crippen molar-refractivity contribution in [2.45, 2.75) is 6.42 Å². The van der Waals surface area contributed by atoms with E-state index in [-0.39, 0.29) is 17.4 Å². The molecule has 3 aromatic rings. The average Bonchev–Trinajstić information content (AvgIpc) is 2.71. The topological polar surface area (TPSA) is 84.3 Å². The number of nitrogens with zero attached hydrogens (tertiary/aromatic N) is 3. The number of aromatic nitrogens is 2. The number of nitrogens with one attached hydrogen (secondary N) is 1. The molecule has 160 valence electrons. The molecule has 30 heavy (non-hydrogen) atoms. The van der Waals surface area contributed by atoms with Crippen LogP contribution in [-0.4, -0.2) is 37.4 Å². The molecule has 0 bridgehead atoms. The van der Waals surface area contributed by atoms with Crippen molar-refractivity contribution in [2.75, 3.05) is 29.1 Å². The Labute approximate surface area is 170 Å². The monoisotopic (exact) mass is 440 g/mol. The highest BCUT2D eigenvalue weighted by Gasteiger charge is 2.22. The van der Waals surface area contributed by atoms with Crippen LogP contribution in [0, 0.1) is 11.6 Å². The van der Waals surface area contributed by atoms with E-state index < -0.39 is 45.5 Å². The molecule has 0 spiro atoms. The van der Waals surface area contributed by atoms with Crippen molar-refractivity contribution >= 4 is 38.0 Å². The summed E-state index contributed by atoms with van der Waals surface area (Å²) in [7, 11) is -1.09. The first-order valence-electron chi connectivity index (χ1n) is 8.88. The molecule has 0 aliphatic carbocycles. The summed E-state index contributed by atoms with van der Waals surface area (Å²) in [5, 5.41) is 0.258. The molecule has 0 saturated heterocycles. The molecule has 1 aromatic heterocycles. The van der Waals surface area contributed by atoms with Gasteiger partial charge >= 0.3 is 0 Å². The van der Waals surface area contributed by atoms with E-state index in [1.54, 1.807) is 6.07 Å². The Morgan fingerprint density at radius 1 is 1.20 bits per heavy atom. The first kappa shape index (κ1) is 21.6. The van der Waals surface area contributed by atoms with Crippen molar-refractivity contribution in [2.24, 2.45) is 7.05 Å². The highest BCUT2D eigenvalue weighted by atomic mass is 32.2. The summed E-state index contributed by atoms with van der Waals surface area (Å²) in [4.78, 5) is 17.6. The van der Waals surface area contributed by atoms with Crippen LogP contribution in [0.5, 0.6) is 0 Å². The van der Waals surface area contributed by atoms with Gasteiger partial charge in [0.25, 0.3) is 5.56 Å². The molecule has 7 nitrogen and oxygen atoms in total. The molecular formula is C19H19F3N4O3S. The maximum absolute atomic E-state index is 15.0. The van der Waals surface area contributed by atoms with E-state index in [0.717, 1.165) is 17.0 Å². The second-order valence-corrected chi connectivity index (χ2v) is 8.48. The predicted octanol–water partition coefficient (Wildman–Crippen LogP) is 3.08. The van der Waals surface area contributed by atoms with Gasteiger partial charge < -0.3 is 9.47 Å². The molecular weight excluding hydrogens is 421 g/mol. The van der Waals surface area contributed by atoms with Gasteiger partial charge in [-0.1, -0.05) is 0 Å². The van der Waals surface area contributed by atoms with Crippen LogP contribution in [0.25, 0.3) is 10.9 Å². The number of rotatable bonds is 7. The summed E-state index contributed by atoms with van der Waals surface area (Å²) in [5.41, 5.74) is -0.588. The third-order valence-corrected chi connectivity index (χ3v) is 5.86. The number of benzene rings is 2. The summed E-state index contributed by atoms with van der Waals surface area (Å²) in [5.74, 6) is -2.60. The minimum absolute atomic E-state index is 0.245. The molecule has 0 atom stereocenters. The van der Waals surface area contributed by atoms with Crippen LogP contribution in [0.1, 0.15) is 6.42 Å². The molecule has 0 aliphatic rings. The van der Waals surface area contributed by atoms with Gasteiger partial charge in [-0.25, -0.2) is 22.2 Å². The van der Waals surface area contributed by atoms with Crippen molar-refractivity contribution in [3.05, 3.63) is 58.6 Å². The van der Waals surface area contributed by atoms with Crippen molar-refractivity contribution in [3.63, 3.8) is 0 Å². The maximum atomic E-state index is 15.0. The number of alkyl halides is 1. The predicted molar refractivity (Wildman–Crippen MR) is 109 cm³/mol. The Kier molecular flexibility index (Phi) is 6.01. The highest BCUT2D eigenvalue weighted by Crippen LogP contribution is 2.34. The van der Waals surface area contributed by atoms with Crippen LogP contribution in [-0.2, 0) is 17.1 Å². The largest absolute Gasteiger partial charge is 0.340 e. The fraction of sp³-hybridized carbons (Fsp3) is 0.263. The van der Waals surface area contributed by atoms with E-state index in [2.05, 4.69) is 4.98 Å². The normalized spacial score (nSPS) is 11.6. The van der Waals surface area contributed by atoms with Crippen LogP contribution in [0.15, 0.2) is 41.5 Å². The van der Waals surface area contributed by atoms with Crippen molar-refractivity contribution in [1.29, 1.82) is 0 Å². The lowest BCUT2D eigenvalue weighted by molar-refractivity contribution is 0.484. The Bertz CT molecular complexity index is 1260. The van der Waals surface area contributed by atoms with E-state index in [4.69, 9.17) is 0 Å². The van der Waals surface area contributed by atoms with Gasteiger partial charge in [0.05, 0.1) is 35.3 Å². The zero-order valence-electron chi connectivity index (χ0n) is 16.2. The lowest BCUT2D eigenvalue weighted by Gasteiger charge is -2.22. The van der Waals surface area contributed by atoms with Gasteiger partial charge in [-0.15, -0.1) is 0 Å². The van der Waals surface area contributed by atoms with E-state index in [9.17, 15) is 22.0 Å². The Morgan fingerprint density at radius 2 is 1.93 bits per heavy atom. The summed E-state index contributed by atoms with van der Waals surface area (Å²) < 4.78 is 69.0. The van der Waals surface area contributed by atoms with Crippen LogP contribution in [0.4, 0.5) is 30.2 Å². The molecule has 0 unspecified atom stereocenters. The van der Waals surface area contributed by atoms with Gasteiger partial charge in [0.15, 0.2) is 5.82 Å². The first-order chi connectivity index (χ1) is 14.1. The average molecular weight is 440 g/mol. The first-order valence-corrected chi connectivity index (χ1v) is 10.5. The number of sulfonamides is 1. The Balaban J connectivity index is 2.04. The van der Waals surface area contributed by atoms with Gasteiger partial charge in [-0.2, -0.15) is 0 Å². The molecule has 1 N–H and O–H groups in total. The molecule has 0 saturated carbocycles. The van der Waals surface area contributed by atoms with Crippen molar-refractivity contribution in [1.82, 2.24) is 9.55 Å². The summed E-state index contributed by atoms with van der Waals surface area (Å²) in [6.07, 6.45) is 1.12. The Hall–Kier alpha value is -3.08. The van der Waals surface area contributed by atoms with Crippen LogP contribution >= 0.6 is 0 Å². The lowest BCUT2D eigenvalue weighted by atomic mass is 10.1. The maximum Gasteiger partial charge on any atom is 0.260 e. The van der Waals surface area contributed by atoms with E-state index in [1.165, 1.54) is 37.1 Å². The van der Waals surface area contributed by atoms with E-state index >= 15 is 4.39 Å². The van der Waals surface area contributed by atoms with Crippen LogP contribution < -0.4 is 15.2 Å². The number of aryl methyl sites for hydroxylation is 1. The highest BCUT2D eigenvalue weighted by molar-refractivity contribution is 7.92. The second-order valence-electron chi connectivity index (χ2n) is 6.64. The number of halogens is 3. The van der Waals surface area contributed by atoms with Gasteiger partial charge in [0, 0.05) is 19.8 Å². The zero-order valence-corrected chi connectivity index (χ0v) is 17.0. The molecule has 0 aliphatic heterocycles. The second kappa shape index (κ2) is 8.34. The molecule has 0 radical (unpaired) electrons. The molecule has 11 heteroatoms. The minimum Gasteiger partial charge on any atom is -0.340 e. The third-order valence-electron chi connectivity index (χ3n) is 4.50. The van der Waals surface area contributed by atoms with E-state index in [0.29, 0.717) is 11.2 Å². The molecule has 0 fully saturated rings. The minimum atomic E-state index is -4.00. The van der Waals surface area contributed by atoms with Gasteiger partial charge in [-0.05, 0) is 36.8 Å². The van der Waals surface area contributed by atoms with Crippen LogP contribution in [0.2, 0.25) is 0 Å². The van der Waals surface area contributed by atoms with Crippen molar-refractivity contribution < 1.29 is 21.6 Å². The van der Waals surface area contributed by atoms with Gasteiger partial charge in [0.2, 0.25) is 10.0 Å². The summed E-state index contributed by atoms with van der Waals surface area (Å²) in [6.45, 7) is -0.836. The molecule has 0 amide bonds. The fourth-order valence-corrected chi connectivity index (χ4v) is 4.01. The third kappa shape index (κ3) is 4.25. The Morgan fingerprint density at radius 3 is 2.63 bits per heavy atom. The van der Waals surface area contributed by atoms with Gasteiger partial charge in [-0.3, -0.25) is 13.9 Å². The number of anilines is 3. The standard InChI is InChI=1S/C19H19F3N4O3S/c1-25-11-23-15-6-4-12(10-13(15)19(25)27)26(2)18-14(21)5-7-16(17(18)22)24-30(28,29)9-3-8-20/h4-7,10-11,24H,3,8-9H2,1-2H3. The van der Waals surface area contributed by atoms with Crippen molar-refractivity contribution in [3.8, 4) is 0 Å². The van der Waals surface area contributed by atoms with Gasteiger partial charge in [0.1, 0.15) is 11.5 Å². The summed E-state index contributed by atoms with van der Waals surface area (Å²) >= 11 is 0. The SMILES string of the molecule is CN(c1ccc2ncn(C)c(=O)c2c1)c1c(F)ccc(NS(=O)(=O)CCCF)c1F. The smallest absolute Gasteiger partial charge is 0.260 e. The summed E-state index contributed by atoms with van der Waals surface area (Å²) in [6, 6.07) is 6.40. The quantitative estimate of drug-likeness (QED) is 0.611.